The highest BCUT2D eigenvalue weighted by molar-refractivity contribution is 6.31. The van der Waals surface area contributed by atoms with Crippen molar-refractivity contribution in [1.29, 1.82) is 0 Å². The minimum absolute atomic E-state index is 0.00996. The quantitative estimate of drug-likeness (QED) is 0.216. The molecule has 1 amide bonds. The molecule has 1 atom stereocenters. The second-order valence-electron chi connectivity index (χ2n) is 9.94. The van der Waals surface area contributed by atoms with Gasteiger partial charge in [0.15, 0.2) is 11.0 Å². The maximum absolute atomic E-state index is 14.3. The van der Waals surface area contributed by atoms with Crippen molar-refractivity contribution < 1.29 is 14.3 Å². The lowest BCUT2D eigenvalue weighted by atomic mass is 9.81. The number of anilines is 1. The van der Waals surface area contributed by atoms with Gasteiger partial charge in [-0.15, -0.1) is 0 Å². The molecule has 2 aliphatic heterocycles. The fourth-order valence-corrected chi connectivity index (χ4v) is 6.59. The van der Waals surface area contributed by atoms with E-state index in [1.165, 1.54) is 0 Å². The molecule has 2 aliphatic rings. The van der Waals surface area contributed by atoms with Gasteiger partial charge in [-0.2, -0.15) is 4.57 Å². The number of para-hydroxylation sites is 2. The average Bonchev–Trinajstić information content (AvgIpc) is 3.57. The molecule has 0 aliphatic carbocycles. The van der Waals surface area contributed by atoms with E-state index in [4.69, 9.17) is 27.9 Å². The Hall–Kier alpha value is -3.94. The minimum atomic E-state index is -1.34. The molecular weight excluding hydrogens is 523 g/mol. The van der Waals surface area contributed by atoms with Crippen LogP contribution in [-0.2, 0) is 10.3 Å². The topological polar surface area (TPSA) is 75.1 Å². The summed E-state index contributed by atoms with van der Waals surface area (Å²) in [5, 5.41) is 18.0. The molecule has 38 heavy (non-hydrogen) atoms. The molecular formula is C29H22Cl2N4O3. The molecule has 1 spiro atoms. The molecule has 9 heteroatoms. The lowest BCUT2D eigenvalue weighted by Crippen LogP contribution is -2.41. The van der Waals surface area contributed by atoms with Gasteiger partial charge in [-0.05, 0) is 48.4 Å². The van der Waals surface area contributed by atoms with Crippen LogP contribution < -0.4 is 14.8 Å². The van der Waals surface area contributed by atoms with Crippen LogP contribution in [0.25, 0.3) is 28.1 Å². The SMILES string of the molecule is COc1ccccc1-n1cc2c(c1C(C)C)C1(C(=O)Nc3cc(Cl)ccc31)n1c-2[n+]([O-])c2ccc(Cl)cc21. The van der Waals surface area contributed by atoms with Crippen molar-refractivity contribution in [2.75, 3.05) is 12.4 Å². The molecule has 5 aromatic rings. The Morgan fingerprint density at radius 2 is 1.79 bits per heavy atom. The number of methoxy groups -OCH3 is 1. The van der Waals surface area contributed by atoms with Crippen molar-refractivity contribution in [1.82, 2.24) is 9.13 Å². The number of nitrogens with zero attached hydrogens (tertiary/aromatic N) is 3. The van der Waals surface area contributed by atoms with Gasteiger partial charge in [0, 0.05) is 33.6 Å². The van der Waals surface area contributed by atoms with Crippen LogP contribution in [0, 0.1) is 5.21 Å². The van der Waals surface area contributed by atoms with Crippen LogP contribution in [0.2, 0.25) is 10.0 Å². The number of benzene rings is 3. The Morgan fingerprint density at radius 3 is 2.55 bits per heavy atom. The van der Waals surface area contributed by atoms with Gasteiger partial charge in [-0.3, -0.25) is 4.79 Å². The van der Waals surface area contributed by atoms with Crippen molar-refractivity contribution in [3.05, 3.63) is 98.9 Å². The van der Waals surface area contributed by atoms with E-state index in [0.717, 1.165) is 27.2 Å². The zero-order valence-corrected chi connectivity index (χ0v) is 22.3. The van der Waals surface area contributed by atoms with E-state index in [1.54, 1.807) is 37.4 Å². The number of hydrogen-bond donors (Lipinski definition) is 1. The maximum Gasteiger partial charge on any atom is 0.296 e. The number of nitrogens with one attached hydrogen (secondary N) is 1. The van der Waals surface area contributed by atoms with Crippen molar-refractivity contribution in [2.24, 2.45) is 0 Å². The summed E-state index contributed by atoms with van der Waals surface area (Å²) in [6.45, 7) is 4.16. The number of aromatic nitrogens is 3. The van der Waals surface area contributed by atoms with Crippen LogP contribution in [0.3, 0.4) is 0 Å². The summed E-state index contributed by atoms with van der Waals surface area (Å²) >= 11 is 12.8. The summed E-state index contributed by atoms with van der Waals surface area (Å²) in [5.41, 5.74) is 4.18. The van der Waals surface area contributed by atoms with E-state index in [9.17, 15) is 10.0 Å². The predicted octanol–water partition coefficient (Wildman–Crippen LogP) is 6.23. The summed E-state index contributed by atoms with van der Waals surface area (Å²) in [6, 6.07) is 18.2. The summed E-state index contributed by atoms with van der Waals surface area (Å²) in [5.74, 6) is 0.796. The third-order valence-corrected chi connectivity index (χ3v) is 8.09. The van der Waals surface area contributed by atoms with Gasteiger partial charge in [-0.1, -0.05) is 49.2 Å². The second-order valence-corrected chi connectivity index (χ2v) is 10.8. The molecule has 1 N–H and O–H groups in total. The molecule has 0 saturated heterocycles. The van der Waals surface area contributed by atoms with Crippen LogP contribution in [-0.4, -0.2) is 22.2 Å². The standard InChI is InChI=1S/C29H22Cl2N4O3/c1-15(2)26-25-18(14-33(26)22-6-4-5-7-24(22)38-3)27-34(23-13-17(31)9-11-21(23)35(27)37)29(25)19-10-8-16(30)12-20(19)32-28(29)36/h4-15H,1-3H3,(H,32,36). The predicted molar refractivity (Wildman–Crippen MR) is 148 cm³/mol. The highest BCUT2D eigenvalue weighted by Gasteiger charge is 2.64. The molecule has 0 bridgehead atoms. The molecule has 2 aromatic heterocycles. The first-order valence-electron chi connectivity index (χ1n) is 12.2. The van der Waals surface area contributed by atoms with Gasteiger partial charge in [0.2, 0.25) is 5.54 Å². The summed E-state index contributed by atoms with van der Waals surface area (Å²) in [6.07, 6.45) is 1.94. The van der Waals surface area contributed by atoms with E-state index in [0.29, 0.717) is 43.9 Å². The average molecular weight is 545 g/mol. The number of carbonyl (C=O) groups is 1. The Morgan fingerprint density at radius 1 is 1.05 bits per heavy atom. The smallest absolute Gasteiger partial charge is 0.296 e. The Balaban J connectivity index is 1.70. The summed E-state index contributed by atoms with van der Waals surface area (Å²) in [4.78, 5) is 14.3. The van der Waals surface area contributed by atoms with Crippen molar-refractivity contribution in [2.45, 2.75) is 25.3 Å². The van der Waals surface area contributed by atoms with Crippen LogP contribution in [0.4, 0.5) is 5.69 Å². The minimum Gasteiger partial charge on any atom is -0.710 e. The normalized spacial score (nSPS) is 17.3. The third kappa shape index (κ3) is 2.70. The van der Waals surface area contributed by atoms with Gasteiger partial charge in [0.1, 0.15) is 5.75 Å². The second kappa shape index (κ2) is 7.79. The lowest BCUT2D eigenvalue weighted by molar-refractivity contribution is -0.565. The Kier molecular flexibility index (Phi) is 4.75. The van der Waals surface area contributed by atoms with E-state index in [2.05, 4.69) is 19.2 Å². The molecule has 7 nitrogen and oxygen atoms in total. The number of hydrogen-bond acceptors (Lipinski definition) is 3. The van der Waals surface area contributed by atoms with Crippen LogP contribution in [0.1, 0.15) is 36.6 Å². The zero-order valence-electron chi connectivity index (χ0n) is 20.8. The Bertz CT molecular complexity index is 1840. The number of ether oxygens (including phenoxy) is 1. The fourth-order valence-electron chi connectivity index (χ4n) is 6.25. The number of halogens is 2. The maximum atomic E-state index is 14.3. The van der Waals surface area contributed by atoms with E-state index < -0.39 is 5.54 Å². The van der Waals surface area contributed by atoms with Crippen molar-refractivity contribution in [3.63, 3.8) is 0 Å². The fraction of sp³-hybridized carbons (Fsp3) is 0.172. The van der Waals surface area contributed by atoms with Gasteiger partial charge in [-0.25, -0.2) is 4.73 Å². The zero-order chi connectivity index (χ0) is 26.5. The van der Waals surface area contributed by atoms with Crippen molar-refractivity contribution >= 4 is 45.8 Å². The third-order valence-electron chi connectivity index (χ3n) is 7.62. The molecule has 190 valence electrons. The number of amides is 1. The van der Waals surface area contributed by atoms with E-state index in [1.807, 2.05) is 45.7 Å². The number of fused-ring (bicyclic) bond motifs is 9. The molecule has 7 rings (SSSR count). The molecule has 0 radical (unpaired) electrons. The van der Waals surface area contributed by atoms with Crippen LogP contribution >= 0.6 is 23.2 Å². The number of rotatable bonds is 3. The highest BCUT2D eigenvalue weighted by Crippen LogP contribution is 2.57. The van der Waals surface area contributed by atoms with E-state index in [-0.39, 0.29) is 11.8 Å². The van der Waals surface area contributed by atoms with Gasteiger partial charge >= 0.3 is 0 Å². The summed E-state index contributed by atoms with van der Waals surface area (Å²) in [7, 11) is 1.63. The lowest BCUT2D eigenvalue weighted by Gasteiger charge is -2.25. The largest absolute Gasteiger partial charge is 0.710 e. The molecule has 3 aromatic carbocycles. The molecule has 1 unspecified atom stereocenters. The monoisotopic (exact) mass is 544 g/mol. The molecule has 4 heterocycles. The highest BCUT2D eigenvalue weighted by atomic mass is 35.5. The number of carbonyl (C=O) groups excluding carboxylic acids is 1. The van der Waals surface area contributed by atoms with Crippen LogP contribution in [0.5, 0.6) is 5.75 Å². The first-order valence-corrected chi connectivity index (χ1v) is 13.0. The summed E-state index contributed by atoms with van der Waals surface area (Å²) < 4.78 is 10.5. The van der Waals surface area contributed by atoms with E-state index >= 15 is 0 Å². The van der Waals surface area contributed by atoms with Gasteiger partial charge < -0.3 is 19.8 Å². The molecule has 0 fully saturated rings. The molecule has 0 saturated carbocycles. The van der Waals surface area contributed by atoms with Gasteiger partial charge in [0.05, 0.1) is 29.6 Å². The Labute approximate surface area is 228 Å². The van der Waals surface area contributed by atoms with Crippen molar-refractivity contribution in [3.8, 4) is 22.8 Å². The number of imidazole rings is 1. The van der Waals surface area contributed by atoms with Gasteiger partial charge in [0.25, 0.3) is 11.7 Å². The first kappa shape index (κ1) is 23.2. The first-order chi connectivity index (χ1) is 18.3. The van der Waals surface area contributed by atoms with Crippen LogP contribution in [0.15, 0.2) is 66.9 Å².